The van der Waals surface area contributed by atoms with E-state index < -0.39 is 0 Å². The van der Waals surface area contributed by atoms with Gasteiger partial charge in [0.05, 0.1) is 25.1 Å². The summed E-state index contributed by atoms with van der Waals surface area (Å²) in [6.07, 6.45) is 0. The molecule has 3 aromatic rings. The van der Waals surface area contributed by atoms with Crippen LogP contribution in [0.5, 0.6) is 0 Å². The molecule has 0 unspecified atom stereocenters. The van der Waals surface area contributed by atoms with Crippen molar-refractivity contribution in [3.8, 4) is 10.4 Å². The highest BCUT2D eigenvalue weighted by Crippen LogP contribution is 2.33. The Morgan fingerprint density at radius 3 is 2.85 bits per heavy atom. The second-order valence-corrected chi connectivity index (χ2v) is 8.09. The van der Waals surface area contributed by atoms with Gasteiger partial charge in [0.25, 0.3) is 5.56 Å². The second-order valence-electron chi connectivity index (χ2n) is 6.29. The number of rotatable bonds is 5. The van der Waals surface area contributed by atoms with Gasteiger partial charge in [0.1, 0.15) is 17.2 Å². The number of thiophene rings is 2. The van der Waals surface area contributed by atoms with Gasteiger partial charge in [0, 0.05) is 36.0 Å². The lowest BCUT2D eigenvalue weighted by molar-refractivity contribution is -0.121. The highest BCUT2D eigenvalue weighted by molar-refractivity contribution is 7.18. The van der Waals surface area contributed by atoms with E-state index in [4.69, 9.17) is 9.72 Å². The Labute approximate surface area is 164 Å². The lowest BCUT2D eigenvalue weighted by Gasteiger charge is -2.27. The number of fused-ring (bicyclic) bond motifs is 1. The van der Waals surface area contributed by atoms with E-state index in [0.29, 0.717) is 31.0 Å². The Kier molecular flexibility index (Phi) is 5.35. The van der Waals surface area contributed by atoms with Crippen LogP contribution < -0.4 is 10.9 Å². The molecule has 1 fully saturated rings. The molecule has 0 spiro atoms. The standard InChI is InChI=1S/C18H20N4O3S2/c1-19-15(23)10-22-14(9-21-4-6-25-7-5-21)20-17-16(18(22)24)12(11-27-17)13-3-2-8-26-13/h2-3,8,11H,4-7,9-10H2,1H3,(H,19,23). The Hall–Kier alpha value is -2.07. The van der Waals surface area contributed by atoms with Gasteiger partial charge in [-0.05, 0) is 11.4 Å². The quantitative estimate of drug-likeness (QED) is 0.701. The number of hydrogen-bond acceptors (Lipinski definition) is 7. The molecule has 4 rings (SSSR count). The van der Waals surface area contributed by atoms with Crippen molar-refractivity contribution in [2.45, 2.75) is 13.1 Å². The molecule has 4 heterocycles. The maximum absolute atomic E-state index is 13.3. The lowest BCUT2D eigenvalue weighted by Crippen LogP contribution is -2.39. The van der Waals surface area contributed by atoms with Crippen molar-refractivity contribution in [3.05, 3.63) is 39.1 Å². The summed E-state index contributed by atoms with van der Waals surface area (Å²) in [5.41, 5.74) is 0.739. The molecule has 1 aliphatic heterocycles. The van der Waals surface area contributed by atoms with Crippen molar-refractivity contribution in [1.29, 1.82) is 0 Å². The van der Waals surface area contributed by atoms with E-state index in [1.165, 1.54) is 15.9 Å². The maximum atomic E-state index is 13.3. The summed E-state index contributed by atoms with van der Waals surface area (Å²) in [5, 5.41) is 7.16. The Morgan fingerprint density at radius 2 is 2.15 bits per heavy atom. The Bertz CT molecular complexity index is 1000. The summed E-state index contributed by atoms with van der Waals surface area (Å²) in [5.74, 6) is 0.409. The van der Waals surface area contributed by atoms with Crippen LogP contribution in [-0.4, -0.2) is 53.7 Å². The van der Waals surface area contributed by atoms with Gasteiger partial charge in [-0.15, -0.1) is 22.7 Å². The van der Waals surface area contributed by atoms with Gasteiger partial charge in [0.15, 0.2) is 0 Å². The van der Waals surface area contributed by atoms with Crippen molar-refractivity contribution in [3.63, 3.8) is 0 Å². The molecule has 0 saturated carbocycles. The molecule has 1 aliphatic rings. The summed E-state index contributed by atoms with van der Waals surface area (Å²) in [6.45, 7) is 3.42. The lowest BCUT2D eigenvalue weighted by atomic mass is 10.2. The van der Waals surface area contributed by atoms with Gasteiger partial charge in [-0.1, -0.05) is 6.07 Å². The fourth-order valence-corrected chi connectivity index (χ4v) is 4.92. The molecule has 3 aromatic heterocycles. The first-order valence-corrected chi connectivity index (χ1v) is 10.5. The molecule has 0 atom stereocenters. The molecular weight excluding hydrogens is 384 g/mol. The van der Waals surface area contributed by atoms with E-state index in [1.54, 1.807) is 18.4 Å². The van der Waals surface area contributed by atoms with E-state index in [9.17, 15) is 9.59 Å². The Balaban J connectivity index is 1.82. The van der Waals surface area contributed by atoms with E-state index in [2.05, 4.69) is 10.2 Å². The largest absolute Gasteiger partial charge is 0.379 e. The van der Waals surface area contributed by atoms with Crippen molar-refractivity contribution in [1.82, 2.24) is 19.8 Å². The first-order chi connectivity index (χ1) is 13.2. The molecular formula is C18H20N4O3S2. The molecule has 1 N–H and O–H groups in total. The normalized spacial score (nSPS) is 15.3. The number of ether oxygens (including phenoxy) is 1. The van der Waals surface area contributed by atoms with Crippen LogP contribution in [-0.2, 0) is 22.6 Å². The van der Waals surface area contributed by atoms with Crippen LogP contribution in [0.3, 0.4) is 0 Å². The topological polar surface area (TPSA) is 76.5 Å². The number of nitrogens with one attached hydrogen (secondary N) is 1. The van der Waals surface area contributed by atoms with Crippen molar-refractivity contribution < 1.29 is 9.53 Å². The zero-order valence-corrected chi connectivity index (χ0v) is 16.6. The molecule has 0 bridgehead atoms. The third-order valence-corrected chi connectivity index (χ3v) is 6.38. The van der Waals surface area contributed by atoms with Crippen LogP contribution in [0.4, 0.5) is 0 Å². The first-order valence-electron chi connectivity index (χ1n) is 8.73. The van der Waals surface area contributed by atoms with Crippen LogP contribution >= 0.6 is 22.7 Å². The number of carbonyl (C=O) groups excluding carboxylic acids is 1. The van der Waals surface area contributed by atoms with Crippen LogP contribution in [0.1, 0.15) is 5.82 Å². The predicted octanol–water partition coefficient (Wildman–Crippen LogP) is 1.76. The van der Waals surface area contributed by atoms with Crippen molar-refractivity contribution >= 4 is 38.8 Å². The molecule has 0 aromatic carbocycles. The van der Waals surface area contributed by atoms with Crippen LogP contribution in [0.15, 0.2) is 27.7 Å². The zero-order valence-electron chi connectivity index (χ0n) is 14.9. The van der Waals surface area contributed by atoms with Gasteiger partial charge in [-0.25, -0.2) is 4.98 Å². The average Bonchev–Trinajstić information content (AvgIpc) is 3.35. The number of amides is 1. The number of nitrogens with zero attached hydrogens (tertiary/aromatic N) is 3. The maximum Gasteiger partial charge on any atom is 0.263 e. The van der Waals surface area contributed by atoms with E-state index >= 15 is 0 Å². The summed E-state index contributed by atoms with van der Waals surface area (Å²) < 4.78 is 6.91. The fourth-order valence-electron chi connectivity index (χ4n) is 3.15. The summed E-state index contributed by atoms with van der Waals surface area (Å²) in [7, 11) is 1.57. The monoisotopic (exact) mass is 404 g/mol. The number of aromatic nitrogens is 2. The second kappa shape index (κ2) is 7.89. The van der Waals surface area contributed by atoms with Crippen molar-refractivity contribution in [2.75, 3.05) is 33.4 Å². The van der Waals surface area contributed by atoms with Crippen LogP contribution in [0.2, 0.25) is 0 Å². The number of morpholine rings is 1. The van der Waals surface area contributed by atoms with Gasteiger partial charge < -0.3 is 10.1 Å². The number of likely N-dealkylation sites (N-methyl/N-ethyl adjacent to an activating group) is 1. The summed E-state index contributed by atoms with van der Waals surface area (Å²) in [4.78, 5) is 34.1. The number of hydrogen-bond donors (Lipinski definition) is 1. The number of carbonyl (C=O) groups is 1. The molecule has 9 heteroatoms. The molecule has 0 aliphatic carbocycles. The Morgan fingerprint density at radius 1 is 1.33 bits per heavy atom. The van der Waals surface area contributed by atoms with Crippen LogP contribution in [0, 0.1) is 0 Å². The fraction of sp³-hybridized carbons (Fsp3) is 0.389. The predicted molar refractivity (Wildman–Crippen MR) is 107 cm³/mol. The summed E-state index contributed by atoms with van der Waals surface area (Å²) in [6, 6.07) is 3.96. The minimum Gasteiger partial charge on any atom is -0.379 e. The van der Waals surface area contributed by atoms with Crippen molar-refractivity contribution in [2.24, 2.45) is 0 Å². The molecule has 7 nitrogen and oxygen atoms in total. The SMILES string of the molecule is CNC(=O)Cn1c(CN2CCOCC2)nc2scc(-c3cccs3)c2c1=O. The molecule has 1 saturated heterocycles. The highest BCUT2D eigenvalue weighted by Gasteiger charge is 2.21. The van der Waals surface area contributed by atoms with Gasteiger partial charge in [0.2, 0.25) is 5.91 Å². The van der Waals surface area contributed by atoms with E-state index in [1.807, 2.05) is 22.9 Å². The summed E-state index contributed by atoms with van der Waals surface area (Å²) >= 11 is 3.06. The smallest absolute Gasteiger partial charge is 0.263 e. The van der Waals surface area contributed by atoms with Gasteiger partial charge in [-0.2, -0.15) is 0 Å². The highest BCUT2D eigenvalue weighted by atomic mass is 32.1. The third kappa shape index (κ3) is 3.68. The third-order valence-electron chi connectivity index (χ3n) is 4.61. The van der Waals surface area contributed by atoms with Gasteiger partial charge in [-0.3, -0.25) is 19.1 Å². The zero-order chi connectivity index (χ0) is 18.8. The molecule has 1 amide bonds. The molecule has 0 radical (unpaired) electrons. The molecule has 142 valence electrons. The first kappa shape index (κ1) is 18.3. The van der Waals surface area contributed by atoms with Crippen LogP contribution in [0.25, 0.3) is 20.7 Å². The average molecular weight is 405 g/mol. The van der Waals surface area contributed by atoms with E-state index in [-0.39, 0.29) is 18.0 Å². The van der Waals surface area contributed by atoms with Gasteiger partial charge >= 0.3 is 0 Å². The minimum absolute atomic E-state index is 0.0301. The van der Waals surface area contributed by atoms with E-state index in [0.717, 1.165) is 28.4 Å². The molecule has 27 heavy (non-hydrogen) atoms. The minimum atomic E-state index is -0.214.